The summed E-state index contributed by atoms with van der Waals surface area (Å²) in [7, 11) is -11.3. The van der Waals surface area contributed by atoms with E-state index in [-0.39, 0.29) is 37.9 Å². The Morgan fingerprint density at radius 3 is 2.29 bits per heavy atom. The minimum Gasteiger partial charge on any atom is -0.462 e. The highest BCUT2D eigenvalue weighted by Crippen LogP contribution is 2.60. The first kappa shape index (κ1) is 59.4. The smallest absolute Gasteiger partial charge is 0.462 e. The minimum atomic E-state index is -5.73. The molecule has 3 rings (SSSR count). The second-order valence-corrected chi connectivity index (χ2v) is 20.7. The number of nitrogens with two attached hydrogens (primary N) is 1. The molecule has 1 saturated heterocycles. The Morgan fingerprint density at radius 1 is 0.926 bits per heavy atom. The number of phosphoric acid groups is 2. The van der Waals surface area contributed by atoms with Crippen LogP contribution in [0.2, 0.25) is 0 Å². The molecule has 9 N–H and O–H groups in total. The van der Waals surface area contributed by atoms with Crippen molar-refractivity contribution in [2.24, 2.45) is 11.8 Å². The lowest BCUT2D eigenvalue weighted by Gasteiger charge is -2.36. The molecule has 1 aromatic rings. The molecule has 3 heterocycles. The van der Waals surface area contributed by atoms with Gasteiger partial charge in [-0.1, -0.05) is 103 Å². The van der Waals surface area contributed by atoms with E-state index in [2.05, 4.69) is 23.1 Å². The third-order valence-corrected chi connectivity index (χ3v) is 13.9. The number of rotatable bonds is 17. The molecular formula is C44H75N3O19P2. The number of aliphatic hydroxyl groups is 5. The molecule has 0 radical (unpaired) electrons. The van der Waals surface area contributed by atoms with Gasteiger partial charge >= 0.3 is 33.3 Å². The van der Waals surface area contributed by atoms with Gasteiger partial charge in [0.2, 0.25) is 0 Å². The molecule has 2 aliphatic rings. The molecule has 2 aliphatic heterocycles. The highest BCUT2D eigenvalue weighted by atomic mass is 31.3. The summed E-state index contributed by atoms with van der Waals surface area (Å²) in [6.07, 6.45) is 0.286. The Hall–Kier alpha value is -2.92. The number of cyclic esters (lactones) is 1. The topological polar surface area (TPSA) is 335 Å². The molecule has 0 spiro atoms. The third-order valence-electron chi connectivity index (χ3n) is 11.3. The number of unbranched alkanes of at least 4 members (excludes halogenated alkanes) is 7. The lowest BCUT2D eigenvalue weighted by molar-refractivity contribution is -0.192. The van der Waals surface area contributed by atoms with Crippen molar-refractivity contribution < 1.29 is 86.3 Å². The first-order valence-electron chi connectivity index (χ1n) is 23.6. The van der Waals surface area contributed by atoms with E-state index in [0.29, 0.717) is 25.2 Å². The van der Waals surface area contributed by atoms with Crippen molar-refractivity contribution in [3.8, 4) is 0 Å². The first-order valence-corrected chi connectivity index (χ1v) is 26.6. The Morgan fingerprint density at radius 2 is 1.60 bits per heavy atom. The molecule has 0 aromatic carbocycles. The zero-order chi connectivity index (χ0) is 50.3. The summed E-state index contributed by atoms with van der Waals surface area (Å²) in [5, 5.41) is 56.7. The summed E-state index contributed by atoms with van der Waals surface area (Å²) >= 11 is 0. The standard InChI is InChI=1S/C44H75N3O19P2/c1-4-5-12-18-31(48)22-23-35-41(53)42(54)36-29-62-68(58,59)66-67(56,57)61-28-32(63-39(51)21-16-9-7-6-8-13-17-30(2)3)27-60-38(50)20-15-11-10-14-19-33(34(49)26-40(52)64-35)43(65-36)47-25-24-37(45)46-44(47)55/h10,14,22-25,30-36,40-43,48-49,52-54H,4-9,11-13,15-21,26-29H2,1-3H3,(H,56,57)(H,58,59)(H2,45,46,55)/b14-10?,23-22+/t31-,32+,33-,34-,35+,36+,40?,41-,42+,43+/m0/s1. The van der Waals surface area contributed by atoms with Gasteiger partial charge in [0.05, 0.1) is 25.4 Å². The average molecular weight is 1010 g/mol. The summed E-state index contributed by atoms with van der Waals surface area (Å²) in [6, 6.07) is 1.22. The fraction of sp³-hybridized carbons (Fsp3) is 0.773. The number of carbonyl (C=O) groups is 2. The zero-order valence-corrected chi connectivity index (χ0v) is 41.1. The summed E-state index contributed by atoms with van der Waals surface area (Å²) < 4.78 is 64.5. The Balaban J connectivity index is 1.96. The lowest BCUT2D eigenvalue weighted by atomic mass is 9.92. The Bertz CT molecular complexity index is 1870. The Labute approximate surface area is 398 Å². The van der Waals surface area contributed by atoms with E-state index in [1.807, 2.05) is 6.92 Å². The molecule has 68 heavy (non-hydrogen) atoms. The lowest BCUT2D eigenvalue weighted by Crippen LogP contribution is -2.49. The fourth-order valence-electron chi connectivity index (χ4n) is 7.47. The van der Waals surface area contributed by atoms with Crippen LogP contribution in [0.3, 0.4) is 0 Å². The van der Waals surface area contributed by atoms with Crippen molar-refractivity contribution in [3.63, 3.8) is 0 Å². The van der Waals surface area contributed by atoms with Gasteiger partial charge in [0, 0.05) is 31.4 Å². The number of allylic oxidation sites excluding steroid dienone is 2. The number of hydrogen-bond acceptors (Lipinski definition) is 19. The maximum atomic E-state index is 13.4. The van der Waals surface area contributed by atoms with Crippen LogP contribution in [0.15, 0.2) is 41.4 Å². The number of esters is 2. The van der Waals surface area contributed by atoms with E-state index in [1.165, 1.54) is 18.2 Å². The SMILES string of the molecule is CCCCC[C@H](O)/C=C/[C@H]1OC(O)C[C@H](O)[C@@H]2CC=CCCCC(=O)OC[C@@H](OC(=O)CCCCCCCCC(C)C)COP(=O)(O)OP(=O)(O)OC[C@@H](O[C@H]2n2ccc(N)nc2=O)[C@@H](O)[C@H]1O. The van der Waals surface area contributed by atoms with E-state index < -0.39 is 121 Å². The average Bonchev–Trinajstić information content (AvgIpc) is 3.26. The van der Waals surface area contributed by atoms with Crippen LogP contribution < -0.4 is 11.4 Å². The van der Waals surface area contributed by atoms with Gasteiger partial charge in [-0.3, -0.25) is 23.2 Å². The number of ether oxygens (including phenoxy) is 4. The molecule has 1 aromatic heterocycles. The van der Waals surface area contributed by atoms with Gasteiger partial charge in [-0.2, -0.15) is 9.29 Å². The quantitative estimate of drug-likeness (QED) is 0.0456. The van der Waals surface area contributed by atoms with Crippen molar-refractivity contribution in [3.05, 3.63) is 47.1 Å². The van der Waals surface area contributed by atoms with E-state index in [0.717, 1.165) is 62.1 Å². The van der Waals surface area contributed by atoms with Crippen LogP contribution in [-0.2, 0) is 51.0 Å². The van der Waals surface area contributed by atoms with Gasteiger partial charge in [0.25, 0.3) is 0 Å². The molecular weight excluding hydrogens is 936 g/mol. The second-order valence-electron chi connectivity index (χ2n) is 17.6. The van der Waals surface area contributed by atoms with Crippen LogP contribution in [0.5, 0.6) is 0 Å². The van der Waals surface area contributed by atoms with Gasteiger partial charge in [0.15, 0.2) is 12.4 Å². The predicted molar refractivity (Wildman–Crippen MR) is 246 cm³/mol. The van der Waals surface area contributed by atoms with Gasteiger partial charge in [-0.15, -0.1) is 0 Å². The first-order chi connectivity index (χ1) is 32.2. The number of phosphoric ester groups is 2. The predicted octanol–water partition coefficient (Wildman–Crippen LogP) is 4.63. The van der Waals surface area contributed by atoms with Crippen LogP contribution in [0, 0.1) is 11.8 Å². The van der Waals surface area contributed by atoms with Crippen molar-refractivity contribution in [1.82, 2.24) is 9.55 Å². The monoisotopic (exact) mass is 1010 g/mol. The maximum Gasteiger partial charge on any atom is 0.481 e. The highest BCUT2D eigenvalue weighted by Gasteiger charge is 2.43. The van der Waals surface area contributed by atoms with Crippen LogP contribution in [0.25, 0.3) is 0 Å². The molecule has 0 aliphatic carbocycles. The number of carbonyl (C=O) groups excluding carboxylic acids is 2. The van der Waals surface area contributed by atoms with Crippen LogP contribution in [0.1, 0.15) is 136 Å². The van der Waals surface area contributed by atoms with Crippen LogP contribution >= 0.6 is 15.6 Å². The van der Waals surface area contributed by atoms with Crippen LogP contribution in [0.4, 0.5) is 5.82 Å². The molecule has 1 fully saturated rings. The van der Waals surface area contributed by atoms with Gasteiger partial charge in [-0.25, -0.2) is 13.9 Å². The van der Waals surface area contributed by atoms with Crippen molar-refractivity contribution in [1.29, 1.82) is 0 Å². The summed E-state index contributed by atoms with van der Waals surface area (Å²) in [4.78, 5) is 64.0. The highest BCUT2D eigenvalue weighted by molar-refractivity contribution is 7.61. The van der Waals surface area contributed by atoms with Crippen molar-refractivity contribution in [2.45, 2.75) is 185 Å². The Kier molecular flexibility index (Phi) is 26.8. The van der Waals surface area contributed by atoms with Crippen molar-refractivity contribution in [2.75, 3.05) is 25.6 Å². The maximum absolute atomic E-state index is 13.4. The number of aliphatic hydroxyl groups excluding tert-OH is 5. The third kappa shape index (κ3) is 22.9. The molecule has 22 nitrogen and oxygen atoms in total. The van der Waals surface area contributed by atoms with Gasteiger partial charge in [0.1, 0.15) is 43.1 Å². The minimum absolute atomic E-state index is 0.00745. The van der Waals surface area contributed by atoms with E-state index in [4.69, 9.17) is 33.7 Å². The number of anilines is 1. The molecule has 3 unspecified atom stereocenters. The van der Waals surface area contributed by atoms with Gasteiger partial charge < -0.3 is 60.0 Å². The number of hydrogen-bond donors (Lipinski definition) is 8. The largest absolute Gasteiger partial charge is 0.481 e. The summed E-state index contributed by atoms with van der Waals surface area (Å²) in [5.74, 6) is -2.23. The van der Waals surface area contributed by atoms with Gasteiger partial charge in [-0.05, 0) is 44.1 Å². The molecule has 0 saturated carbocycles. The zero-order valence-electron chi connectivity index (χ0n) is 39.4. The number of nitrogen functional groups attached to an aromatic ring is 1. The number of nitrogens with zero attached hydrogens (tertiary/aromatic N) is 2. The number of aromatic nitrogens is 2. The summed E-state index contributed by atoms with van der Waals surface area (Å²) in [6.45, 7) is 3.55. The number of fused-ring (bicyclic) bond motifs is 3. The molecule has 2 bridgehead atoms. The van der Waals surface area contributed by atoms with E-state index in [9.17, 15) is 58.8 Å². The normalized spacial score (nSPS) is 31.7. The van der Waals surface area contributed by atoms with Crippen LogP contribution in [-0.4, -0.2) is 126 Å². The molecule has 0 amide bonds. The summed E-state index contributed by atoms with van der Waals surface area (Å²) in [5.41, 5.74) is 4.74. The fourth-order valence-corrected chi connectivity index (χ4v) is 9.58. The molecule has 12 atom stereocenters. The second kappa shape index (κ2) is 30.7. The molecule has 24 heteroatoms. The van der Waals surface area contributed by atoms with E-state index >= 15 is 0 Å². The molecule has 390 valence electrons. The van der Waals surface area contributed by atoms with E-state index in [1.54, 1.807) is 12.2 Å². The van der Waals surface area contributed by atoms with Crippen molar-refractivity contribution >= 4 is 33.4 Å².